The number of carbonyl (C=O) groups excluding carboxylic acids is 1. The number of rotatable bonds is 9. The third-order valence-electron chi connectivity index (χ3n) is 2.47. The van der Waals surface area contributed by atoms with Gasteiger partial charge in [-0.05, 0) is 17.3 Å². The molecule has 0 rings (SSSR count). The van der Waals surface area contributed by atoms with Crippen molar-refractivity contribution in [3.05, 3.63) is 0 Å². The van der Waals surface area contributed by atoms with Gasteiger partial charge in [0.25, 0.3) is 0 Å². The third-order valence-corrected chi connectivity index (χ3v) is 4.91. The second-order valence-corrected chi connectivity index (χ2v) is 9.56. The second kappa shape index (κ2) is 9.14. The van der Waals surface area contributed by atoms with Crippen LogP contribution < -0.4 is 11.1 Å². The monoisotopic (exact) mass is 306 g/mol. The quantitative estimate of drug-likeness (QED) is 0.507. The Kier molecular flexibility index (Phi) is 9.20. The van der Waals surface area contributed by atoms with Crippen LogP contribution >= 0.6 is 21.6 Å². The number of hydrogen-bond donors (Lipinski definition) is 2. The van der Waals surface area contributed by atoms with Gasteiger partial charge in [-0.1, -0.05) is 56.2 Å². The summed E-state index contributed by atoms with van der Waals surface area (Å²) in [5.74, 6) is 1.96. The van der Waals surface area contributed by atoms with Gasteiger partial charge in [-0.3, -0.25) is 4.79 Å². The molecular weight excluding hydrogens is 276 g/mol. The van der Waals surface area contributed by atoms with E-state index in [9.17, 15) is 4.79 Å². The molecule has 0 aliphatic rings. The molecule has 19 heavy (non-hydrogen) atoms. The van der Waals surface area contributed by atoms with Gasteiger partial charge in [0.15, 0.2) is 0 Å². The predicted molar refractivity (Wildman–Crippen MR) is 89.5 cm³/mol. The molecule has 0 heterocycles. The Balaban J connectivity index is 3.77. The van der Waals surface area contributed by atoms with E-state index in [0.717, 1.165) is 24.5 Å². The topological polar surface area (TPSA) is 55.1 Å². The zero-order valence-corrected chi connectivity index (χ0v) is 14.7. The maximum atomic E-state index is 11.7. The smallest absolute Gasteiger partial charge is 0.220 e. The molecule has 3 nitrogen and oxygen atoms in total. The molecule has 0 aromatic carbocycles. The Labute approximate surface area is 126 Å². The highest BCUT2D eigenvalue weighted by molar-refractivity contribution is 8.76. The average Bonchev–Trinajstić information content (AvgIpc) is 2.23. The summed E-state index contributed by atoms with van der Waals surface area (Å²) in [4.78, 5) is 11.7. The second-order valence-electron chi connectivity index (χ2n) is 6.86. The summed E-state index contributed by atoms with van der Waals surface area (Å²) in [6.07, 6.45) is 1.69. The van der Waals surface area contributed by atoms with E-state index in [-0.39, 0.29) is 11.3 Å². The van der Waals surface area contributed by atoms with E-state index >= 15 is 0 Å². The van der Waals surface area contributed by atoms with Crippen LogP contribution in [0.2, 0.25) is 0 Å². The lowest BCUT2D eigenvalue weighted by Crippen LogP contribution is -2.36. The van der Waals surface area contributed by atoms with Crippen molar-refractivity contribution in [1.29, 1.82) is 0 Å². The Hall–Kier alpha value is 0.130. The van der Waals surface area contributed by atoms with Crippen LogP contribution in [0.5, 0.6) is 0 Å². The zero-order chi connectivity index (χ0) is 14.9. The fourth-order valence-corrected chi connectivity index (χ4v) is 4.07. The first kappa shape index (κ1) is 19.1. The van der Waals surface area contributed by atoms with Crippen LogP contribution in [0.1, 0.15) is 47.5 Å². The molecule has 0 aliphatic heterocycles. The van der Waals surface area contributed by atoms with Crippen molar-refractivity contribution < 1.29 is 4.79 Å². The van der Waals surface area contributed by atoms with Gasteiger partial charge in [-0.25, -0.2) is 0 Å². The number of nitrogens with two attached hydrogens (primary N) is 1. The lowest BCUT2D eigenvalue weighted by atomic mass is 9.76. The molecule has 0 bridgehead atoms. The Morgan fingerprint density at radius 2 is 1.68 bits per heavy atom. The highest BCUT2D eigenvalue weighted by Gasteiger charge is 2.25. The van der Waals surface area contributed by atoms with Crippen molar-refractivity contribution in [2.45, 2.75) is 47.5 Å². The van der Waals surface area contributed by atoms with Crippen LogP contribution in [-0.4, -0.2) is 30.5 Å². The summed E-state index contributed by atoms with van der Waals surface area (Å²) in [6.45, 7) is 12.6. The van der Waals surface area contributed by atoms with Crippen molar-refractivity contribution in [3.8, 4) is 0 Å². The molecule has 1 amide bonds. The van der Waals surface area contributed by atoms with Gasteiger partial charge in [-0.15, -0.1) is 0 Å². The minimum absolute atomic E-state index is 0.148. The molecule has 0 radical (unpaired) electrons. The molecule has 0 fully saturated rings. The van der Waals surface area contributed by atoms with E-state index in [2.05, 4.69) is 39.9 Å². The van der Waals surface area contributed by atoms with E-state index in [4.69, 9.17) is 5.73 Å². The zero-order valence-electron chi connectivity index (χ0n) is 13.0. The average molecular weight is 307 g/mol. The molecule has 5 heteroatoms. The maximum absolute atomic E-state index is 11.7. The molecule has 0 saturated carbocycles. The maximum Gasteiger partial charge on any atom is 0.220 e. The normalized spacial score (nSPS) is 12.5. The van der Waals surface area contributed by atoms with Crippen molar-refractivity contribution >= 4 is 27.5 Å². The van der Waals surface area contributed by atoms with E-state index < -0.39 is 0 Å². The SMILES string of the molecule is CC(C)(C)CC(C)(C)CNC(=O)CCSSCCN. The van der Waals surface area contributed by atoms with Crippen molar-refractivity contribution in [1.82, 2.24) is 5.32 Å². The van der Waals surface area contributed by atoms with Crippen LogP contribution in [0.25, 0.3) is 0 Å². The largest absolute Gasteiger partial charge is 0.356 e. The number of carbonyl (C=O) groups is 1. The van der Waals surface area contributed by atoms with E-state index in [1.165, 1.54) is 0 Å². The molecule has 0 spiro atoms. The first-order valence-electron chi connectivity index (χ1n) is 6.87. The van der Waals surface area contributed by atoms with Crippen LogP contribution in [-0.2, 0) is 4.79 Å². The summed E-state index contributed by atoms with van der Waals surface area (Å²) in [5, 5.41) is 3.05. The van der Waals surface area contributed by atoms with Crippen molar-refractivity contribution in [3.63, 3.8) is 0 Å². The Morgan fingerprint density at radius 3 is 2.21 bits per heavy atom. The molecule has 0 saturated heterocycles. The molecule has 0 unspecified atom stereocenters. The lowest BCUT2D eigenvalue weighted by molar-refractivity contribution is -0.121. The number of hydrogen-bond acceptors (Lipinski definition) is 4. The molecule has 0 aliphatic carbocycles. The van der Waals surface area contributed by atoms with Gasteiger partial charge < -0.3 is 11.1 Å². The lowest BCUT2D eigenvalue weighted by Gasteiger charge is -2.32. The standard InChI is InChI=1S/C14H30N2OS2/c1-13(2,3)10-14(4,5)11-16-12(17)6-8-18-19-9-7-15/h6-11,15H2,1-5H3,(H,16,17). The first-order valence-corrected chi connectivity index (χ1v) is 9.36. The minimum atomic E-state index is 0.148. The molecule has 114 valence electrons. The summed E-state index contributed by atoms with van der Waals surface area (Å²) in [7, 11) is 3.46. The number of amides is 1. The van der Waals surface area contributed by atoms with E-state index in [1.807, 2.05) is 0 Å². The van der Waals surface area contributed by atoms with Gasteiger partial charge in [0, 0.05) is 31.0 Å². The van der Waals surface area contributed by atoms with Gasteiger partial charge in [-0.2, -0.15) is 0 Å². The van der Waals surface area contributed by atoms with Gasteiger partial charge in [0.1, 0.15) is 0 Å². The van der Waals surface area contributed by atoms with Crippen LogP contribution in [0.3, 0.4) is 0 Å². The summed E-state index contributed by atoms with van der Waals surface area (Å²) < 4.78 is 0. The van der Waals surface area contributed by atoms with Crippen molar-refractivity contribution in [2.75, 3.05) is 24.6 Å². The number of nitrogens with one attached hydrogen (secondary N) is 1. The highest BCUT2D eigenvalue weighted by atomic mass is 33.1. The van der Waals surface area contributed by atoms with Crippen LogP contribution in [0.15, 0.2) is 0 Å². The van der Waals surface area contributed by atoms with Gasteiger partial charge in [0.05, 0.1) is 0 Å². The predicted octanol–water partition coefficient (Wildman–Crippen LogP) is 3.30. The summed E-state index contributed by atoms with van der Waals surface area (Å²) in [6, 6.07) is 0. The van der Waals surface area contributed by atoms with E-state index in [1.54, 1.807) is 21.6 Å². The van der Waals surface area contributed by atoms with Gasteiger partial charge >= 0.3 is 0 Å². The molecular formula is C14H30N2OS2. The highest BCUT2D eigenvalue weighted by Crippen LogP contribution is 2.32. The van der Waals surface area contributed by atoms with Gasteiger partial charge in [0.2, 0.25) is 5.91 Å². The molecule has 3 N–H and O–H groups in total. The molecule has 0 aromatic heterocycles. The van der Waals surface area contributed by atoms with E-state index in [0.29, 0.717) is 18.4 Å². The summed E-state index contributed by atoms with van der Waals surface area (Å²) in [5.41, 5.74) is 5.85. The fourth-order valence-electron chi connectivity index (χ4n) is 2.22. The molecule has 0 atom stereocenters. The van der Waals surface area contributed by atoms with Crippen LogP contribution in [0, 0.1) is 10.8 Å². The van der Waals surface area contributed by atoms with Crippen LogP contribution in [0.4, 0.5) is 0 Å². The molecule has 0 aromatic rings. The minimum Gasteiger partial charge on any atom is -0.356 e. The van der Waals surface area contributed by atoms with Crippen molar-refractivity contribution in [2.24, 2.45) is 16.6 Å². The summed E-state index contributed by atoms with van der Waals surface area (Å²) >= 11 is 0. The fraction of sp³-hybridized carbons (Fsp3) is 0.929. The third kappa shape index (κ3) is 12.9. The Morgan fingerprint density at radius 1 is 1.11 bits per heavy atom. The first-order chi connectivity index (χ1) is 8.66. The Bertz CT molecular complexity index is 263.